The average molecular weight is 471 g/mol. The summed E-state index contributed by atoms with van der Waals surface area (Å²) in [5.74, 6) is 0.338. The molecule has 0 unspecified atom stereocenters. The summed E-state index contributed by atoms with van der Waals surface area (Å²) in [4.78, 5) is 0. The average Bonchev–Trinajstić information content (AvgIpc) is 3.20. The molecule has 4 aromatic rings. The molecule has 31 heavy (non-hydrogen) atoms. The predicted octanol–water partition coefficient (Wildman–Crippen LogP) is 5.92. The lowest BCUT2D eigenvalue weighted by atomic mass is 10.1. The largest absolute Gasteiger partial charge is 0.506 e. The normalized spacial score (nSPS) is 13.5. The number of phenolic OH excluding ortho intramolecular Hbond substituents is 2. The van der Waals surface area contributed by atoms with Gasteiger partial charge in [-0.1, -0.05) is 71.4 Å². The quantitative estimate of drug-likeness (QED) is 0.285. The van der Waals surface area contributed by atoms with Gasteiger partial charge in [-0.2, -0.15) is 9.78 Å². The van der Waals surface area contributed by atoms with Gasteiger partial charge in [-0.05, 0) is 17.7 Å². The molecular formula is C20H12Cl2N6O2S. The minimum atomic E-state index is -0.194. The standard InChI is InChI=1S/C20H12Cl2N6O2S/c21-11-7-5-10(6-8-11)14-9-31-20-26-25-19(28(20)27-14)24-23-16-15(22)17(29)12-3-1-2-4-13(12)18(16)30/h1-8,29-30H,9H2. The van der Waals surface area contributed by atoms with Crippen LogP contribution in [0.2, 0.25) is 10.0 Å². The minimum absolute atomic E-state index is 0.0689. The van der Waals surface area contributed by atoms with E-state index < -0.39 is 0 Å². The molecular weight excluding hydrogens is 459 g/mol. The first-order chi connectivity index (χ1) is 15.0. The second-order valence-electron chi connectivity index (χ2n) is 6.54. The fourth-order valence-corrected chi connectivity index (χ4v) is 4.30. The van der Waals surface area contributed by atoms with Crippen molar-refractivity contribution in [3.63, 3.8) is 0 Å². The van der Waals surface area contributed by atoms with Crippen molar-refractivity contribution in [2.45, 2.75) is 5.16 Å². The number of nitrogens with zero attached hydrogens (tertiary/aromatic N) is 6. The van der Waals surface area contributed by atoms with E-state index in [0.717, 1.165) is 11.3 Å². The van der Waals surface area contributed by atoms with Gasteiger partial charge in [0.1, 0.15) is 10.8 Å². The maximum absolute atomic E-state index is 10.6. The topological polar surface area (TPSA) is 108 Å². The SMILES string of the molecule is Oc1c(Cl)c(N=Nc2nnc3n2N=C(c2ccc(Cl)cc2)CS3)c(O)c2ccccc12. The smallest absolute Gasteiger partial charge is 0.291 e. The van der Waals surface area contributed by atoms with Crippen LogP contribution in [-0.2, 0) is 0 Å². The van der Waals surface area contributed by atoms with E-state index in [1.165, 1.54) is 16.4 Å². The molecule has 0 aliphatic carbocycles. The number of hydrogen-bond donors (Lipinski definition) is 2. The summed E-state index contributed by atoms with van der Waals surface area (Å²) in [6, 6.07) is 14.1. The first-order valence-electron chi connectivity index (χ1n) is 8.99. The highest BCUT2D eigenvalue weighted by Crippen LogP contribution is 2.48. The van der Waals surface area contributed by atoms with E-state index in [2.05, 4.69) is 25.5 Å². The van der Waals surface area contributed by atoms with Gasteiger partial charge in [0.15, 0.2) is 11.4 Å². The molecule has 0 amide bonds. The first kappa shape index (κ1) is 19.8. The lowest BCUT2D eigenvalue weighted by Gasteiger charge is -2.12. The Labute approximate surface area is 189 Å². The van der Waals surface area contributed by atoms with E-state index >= 15 is 0 Å². The van der Waals surface area contributed by atoms with Gasteiger partial charge in [0, 0.05) is 21.5 Å². The number of thioether (sulfide) groups is 1. The molecule has 0 atom stereocenters. The molecule has 3 aromatic carbocycles. The number of hydrogen-bond acceptors (Lipinski definition) is 8. The molecule has 1 aliphatic heterocycles. The molecule has 0 saturated carbocycles. The number of benzene rings is 3. The third-order valence-corrected chi connectivity index (χ3v) is 6.19. The number of aromatic nitrogens is 3. The Hall–Kier alpha value is -3.14. The second-order valence-corrected chi connectivity index (χ2v) is 8.30. The summed E-state index contributed by atoms with van der Waals surface area (Å²) >= 11 is 13.7. The summed E-state index contributed by atoms with van der Waals surface area (Å²) in [7, 11) is 0. The van der Waals surface area contributed by atoms with E-state index in [0.29, 0.717) is 26.7 Å². The van der Waals surface area contributed by atoms with Crippen molar-refractivity contribution in [1.82, 2.24) is 14.9 Å². The molecule has 1 aromatic heterocycles. The van der Waals surface area contributed by atoms with Gasteiger partial charge in [-0.3, -0.25) is 0 Å². The first-order valence-corrected chi connectivity index (χ1v) is 10.7. The van der Waals surface area contributed by atoms with Crippen molar-refractivity contribution in [3.8, 4) is 11.5 Å². The second kappa shape index (κ2) is 7.84. The van der Waals surface area contributed by atoms with E-state index in [1.807, 2.05) is 12.1 Å². The van der Waals surface area contributed by atoms with Crippen molar-refractivity contribution >= 4 is 63.1 Å². The van der Waals surface area contributed by atoms with Crippen LogP contribution in [0.5, 0.6) is 11.5 Å². The Morgan fingerprint density at radius 1 is 0.903 bits per heavy atom. The zero-order chi connectivity index (χ0) is 21.5. The molecule has 0 radical (unpaired) electrons. The third kappa shape index (κ3) is 3.50. The molecule has 0 spiro atoms. The number of rotatable bonds is 3. The number of aromatic hydroxyl groups is 2. The Morgan fingerprint density at radius 3 is 2.35 bits per heavy atom. The van der Waals surface area contributed by atoms with E-state index in [4.69, 9.17) is 23.2 Å². The highest BCUT2D eigenvalue weighted by atomic mass is 35.5. The van der Waals surface area contributed by atoms with Crippen LogP contribution in [0.25, 0.3) is 10.8 Å². The number of fused-ring (bicyclic) bond motifs is 2. The molecule has 0 saturated heterocycles. The summed E-state index contributed by atoms with van der Waals surface area (Å²) in [6.45, 7) is 0. The highest BCUT2D eigenvalue weighted by molar-refractivity contribution is 7.99. The zero-order valence-corrected chi connectivity index (χ0v) is 17.9. The van der Waals surface area contributed by atoms with Crippen molar-refractivity contribution in [1.29, 1.82) is 0 Å². The molecule has 154 valence electrons. The van der Waals surface area contributed by atoms with Crippen LogP contribution in [0, 0.1) is 0 Å². The lowest BCUT2D eigenvalue weighted by molar-refractivity contribution is 0.470. The molecule has 2 heterocycles. The van der Waals surface area contributed by atoms with Gasteiger partial charge >= 0.3 is 0 Å². The summed E-state index contributed by atoms with van der Waals surface area (Å²) in [6.07, 6.45) is 0. The van der Waals surface area contributed by atoms with Gasteiger partial charge in [-0.15, -0.1) is 20.4 Å². The van der Waals surface area contributed by atoms with Crippen molar-refractivity contribution in [2.75, 3.05) is 5.75 Å². The number of phenols is 2. The Kier molecular flexibility index (Phi) is 5.01. The van der Waals surface area contributed by atoms with Gasteiger partial charge < -0.3 is 10.2 Å². The Balaban J connectivity index is 1.55. The van der Waals surface area contributed by atoms with E-state index in [9.17, 15) is 10.2 Å². The fourth-order valence-electron chi connectivity index (χ4n) is 3.11. The highest BCUT2D eigenvalue weighted by Gasteiger charge is 2.21. The maximum atomic E-state index is 10.6. The third-order valence-electron chi connectivity index (χ3n) is 4.65. The van der Waals surface area contributed by atoms with Crippen LogP contribution in [-0.4, -0.2) is 36.6 Å². The van der Waals surface area contributed by atoms with Gasteiger partial charge in [0.05, 0.1) is 5.71 Å². The molecule has 11 heteroatoms. The summed E-state index contributed by atoms with van der Waals surface area (Å²) in [5, 5.41) is 43.7. The summed E-state index contributed by atoms with van der Waals surface area (Å²) in [5.41, 5.74) is 1.65. The zero-order valence-electron chi connectivity index (χ0n) is 15.6. The maximum Gasteiger partial charge on any atom is 0.291 e. The molecule has 0 bridgehead atoms. The van der Waals surface area contributed by atoms with Crippen LogP contribution in [0.3, 0.4) is 0 Å². The van der Waals surface area contributed by atoms with Crippen molar-refractivity contribution in [2.24, 2.45) is 15.3 Å². The molecule has 5 rings (SSSR count). The Bertz CT molecular complexity index is 1380. The van der Waals surface area contributed by atoms with Gasteiger partial charge in [0.2, 0.25) is 5.16 Å². The number of azo groups is 1. The van der Waals surface area contributed by atoms with Crippen LogP contribution < -0.4 is 0 Å². The molecule has 2 N–H and O–H groups in total. The monoisotopic (exact) mass is 470 g/mol. The molecule has 8 nitrogen and oxygen atoms in total. The van der Waals surface area contributed by atoms with Crippen LogP contribution in [0.1, 0.15) is 5.56 Å². The van der Waals surface area contributed by atoms with Crippen molar-refractivity contribution < 1.29 is 10.2 Å². The Morgan fingerprint density at radius 2 is 1.61 bits per heavy atom. The molecule has 0 fully saturated rings. The van der Waals surface area contributed by atoms with Crippen LogP contribution >= 0.6 is 35.0 Å². The van der Waals surface area contributed by atoms with Gasteiger partial charge in [-0.25, -0.2) is 0 Å². The van der Waals surface area contributed by atoms with Crippen LogP contribution in [0.4, 0.5) is 11.6 Å². The summed E-state index contributed by atoms with van der Waals surface area (Å²) < 4.78 is 1.47. The number of halogens is 2. The molecule has 1 aliphatic rings. The fraction of sp³-hybridized carbons (Fsp3) is 0.0500. The van der Waals surface area contributed by atoms with Crippen molar-refractivity contribution in [3.05, 3.63) is 64.1 Å². The predicted molar refractivity (Wildman–Crippen MR) is 121 cm³/mol. The lowest BCUT2D eigenvalue weighted by Crippen LogP contribution is -2.12. The van der Waals surface area contributed by atoms with Crippen LogP contribution in [0.15, 0.2) is 69.0 Å². The minimum Gasteiger partial charge on any atom is -0.506 e. The van der Waals surface area contributed by atoms with Gasteiger partial charge in [0.25, 0.3) is 5.95 Å². The van der Waals surface area contributed by atoms with E-state index in [1.54, 1.807) is 36.4 Å². The van der Waals surface area contributed by atoms with E-state index in [-0.39, 0.29) is 28.2 Å².